The molecule has 0 aromatic heterocycles. The van der Waals surface area contributed by atoms with Crippen molar-refractivity contribution in [2.45, 2.75) is 39.3 Å². The number of hydrogen-bond donors (Lipinski definition) is 1. The van der Waals surface area contributed by atoms with Gasteiger partial charge in [-0.1, -0.05) is 18.2 Å². The lowest BCUT2D eigenvalue weighted by atomic mass is 10.2. The predicted octanol–water partition coefficient (Wildman–Crippen LogP) is 2.98. The Morgan fingerprint density at radius 1 is 1.28 bits per heavy atom. The summed E-state index contributed by atoms with van der Waals surface area (Å²) >= 11 is 0. The second-order valence-corrected chi connectivity index (χ2v) is 5.17. The van der Waals surface area contributed by atoms with Crippen molar-refractivity contribution in [2.75, 3.05) is 6.61 Å². The van der Waals surface area contributed by atoms with Crippen LogP contribution in [-0.4, -0.2) is 24.3 Å². The molecule has 0 aliphatic carbocycles. The van der Waals surface area contributed by atoms with Gasteiger partial charge in [-0.3, -0.25) is 0 Å². The van der Waals surface area contributed by atoms with E-state index in [1.807, 2.05) is 58.0 Å². The molecule has 0 saturated carbocycles. The maximum Gasteiger partial charge on any atom is 0.407 e. The largest absolute Gasteiger partial charge is 0.491 e. The number of para-hydroxylation sites is 1. The van der Waals surface area contributed by atoms with Gasteiger partial charge in [-0.2, -0.15) is 0 Å². The van der Waals surface area contributed by atoms with Gasteiger partial charge in [-0.25, -0.2) is 4.79 Å². The Morgan fingerprint density at radius 2 is 1.89 bits per heavy atom. The Kier molecular flexibility index (Phi) is 5.01. The molecule has 0 bridgehead atoms. The van der Waals surface area contributed by atoms with Crippen LogP contribution in [0.3, 0.4) is 0 Å². The summed E-state index contributed by atoms with van der Waals surface area (Å²) in [5.41, 5.74) is -0.482. The fourth-order valence-electron chi connectivity index (χ4n) is 1.29. The Balaban J connectivity index is 2.29. The number of nitrogens with one attached hydrogen (secondary N) is 1. The van der Waals surface area contributed by atoms with E-state index in [0.717, 1.165) is 5.75 Å². The Bertz CT molecular complexity index is 370. The van der Waals surface area contributed by atoms with Crippen LogP contribution in [0.2, 0.25) is 0 Å². The highest BCUT2D eigenvalue weighted by Gasteiger charge is 2.17. The van der Waals surface area contributed by atoms with Gasteiger partial charge < -0.3 is 14.8 Å². The summed E-state index contributed by atoms with van der Waals surface area (Å²) in [5.74, 6) is 0.787. The van der Waals surface area contributed by atoms with E-state index in [0.29, 0.717) is 6.61 Å². The second-order valence-electron chi connectivity index (χ2n) is 5.17. The number of ether oxygens (including phenoxy) is 2. The minimum absolute atomic E-state index is 0.111. The van der Waals surface area contributed by atoms with Crippen molar-refractivity contribution in [1.29, 1.82) is 0 Å². The first kappa shape index (κ1) is 14.4. The molecule has 4 heteroatoms. The number of carbonyl (C=O) groups excluding carboxylic acids is 1. The summed E-state index contributed by atoms with van der Waals surface area (Å²) in [6.45, 7) is 7.77. The van der Waals surface area contributed by atoms with Gasteiger partial charge in [0.1, 0.15) is 18.0 Å². The lowest BCUT2D eigenvalue weighted by Crippen LogP contribution is -2.40. The zero-order chi connectivity index (χ0) is 13.6. The lowest BCUT2D eigenvalue weighted by Gasteiger charge is -2.22. The molecule has 1 amide bonds. The van der Waals surface area contributed by atoms with E-state index in [1.165, 1.54) is 0 Å². The molecular weight excluding hydrogens is 230 g/mol. The van der Waals surface area contributed by atoms with Gasteiger partial charge in [0.2, 0.25) is 0 Å². The van der Waals surface area contributed by atoms with Crippen LogP contribution in [0.5, 0.6) is 5.75 Å². The van der Waals surface area contributed by atoms with Crippen LogP contribution in [0.4, 0.5) is 4.79 Å². The van der Waals surface area contributed by atoms with Gasteiger partial charge in [0.05, 0.1) is 6.04 Å². The van der Waals surface area contributed by atoms with Crippen LogP contribution >= 0.6 is 0 Å². The number of carbonyl (C=O) groups is 1. The van der Waals surface area contributed by atoms with E-state index >= 15 is 0 Å². The van der Waals surface area contributed by atoms with Crippen molar-refractivity contribution in [2.24, 2.45) is 0 Å². The molecule has 1 rings (SSSR count). The molecule has 0 aliphatic heterocycles. The summed E-state index contributed by atoms with van der Waals surface area (Å²) in [4.78, 5) is 11.5. The average molecular weight is 251 g/mol. The number of rotatable bonds is 4. The van der Waals surface area contributed by atoms with Crippen LogP contribution in [0.25, 0.3) is 0 Å². The highest BCUT2D eigenvalue weighted by atomic mass is 16.6. The maximum absolute atomic E-state index is 11.5. The van der Waals surface area contributed by atoms with E-state index in [4.69, 9.17) is 9.47 Å². The van der Waals surface area contributed by atoms with Gasteiger partial charge >= 0.3 is 6.09 Å². The summed E-state index contributed by atoms with van der Waals surface area (Å²) in [6, 6.07) is 9.37. The molecule has 1 aromatic rings. The SMILES string of the molecule is CC(COc1ccccc1)NC(=O)OC(C)(C)C. The first-order chi connectivity index (χ1) is 8.37. The normalized spacial score (nSPS) is 12.7. The fourth-order valence-corrected chi connectivity index (χ4v) is 1.29. The minimum atomic E-state index is -0.482. The van der Waals surface area contributed by atoms with Gasteiger partial charge in [-0.05, 0) is 39.8 Å². The third-order valence-electron chi connectivity index (χ3n) is 2.01. The highest BCUT2D eigenvalue weighted by Crippen LogP contribution is 2.09. The number of benzene rings is 1. The van der Waals surface area contributed by atoms with Crippen molar-refractivity contribution in [1.82, 2.24) is 5.32 Å². The van der Waals surface area contributed by atoms with Crippen molar-refractivity contribution in [3.63, 3.8) is 0 Å². The summed E-state index contributed by atoms with van der Waals surface area (Å²) in [7, 11) is 0. The summed E-state index contributed by atoms with van der Waals surface area (Å²) in [5, 5.41) is 2.72. The van der Waals surface area contributed by atoms with E-state index in [9.17, 15) is 4.79 Å². The molecule has 1 atom stereocenters. The van der Waals surface area contributed by atoms with Crippen molar-refractivity contribution >= 4 is 6.09 Å². The third-order valence-corrected chi connectivity index (χ3v) is 2.01. The molecule has 0 saturated heterocycles. The zero-order valence-electron chi connectivity index (χ0n) is 11.4. The van der Waals surface area contributed by atoms with Crippen LogP contribution in [-0.2, 0) is 4.74 Å². The van der Waals surface area contributed by atoms with E-state index < -0.39 is 11.7 Å². The highest BCUT2D eigenvalue weighted by molar-refractivity contribution is 5.68. The number of amides is 1. The summed E-state index contributed by atoms with van der Waals surface area (Å²) < 4.78 is 10.7. The molecule has 0 aliphatic rings. The monoisotopic (exact) mass is 251 g/mol. The predicted molar refractivity (Wildman–Crippen MR) is 70.8 cm³/mol. The van der Waals surface area contributed by atoms with E-state index in [-0.39, 0.29) is 6.04 Å². The lowest BCUT2D eigenvalue weighted by molar-refractivity contribution is 0.0494. The molecule has 0 heterocycles. The second kappa shape index (κ2) is 6.28. The van der Waals surface area contributed by atoms with E-state index in [1.54, 1.807) is 0 Å². The molecule has 1 unspecified atom stereocenters. The first-order valence-electron chi connectivity index (χ1n) is 6.04. The van der Waals surface area contributed by atoms with Crippen molar-refractivity contribution in [3.05, 3.63) is 30.3 Å². The van der Waals surface area contributed by atoms with Gasteiger partial charge in [0.15, 0.2) is 0 Å². The number of hydrogen-bond acceptors (Lipinski definition) is 3. The zero-order valence-corrected chi connectivity index (χ0v) is 11.4. The Hall–Kier alpha value is -1.71. The number of alkyl carbamates (subject to hydrolysis) is 1. The molecule has 0 fully saturated rings. The molecule has 0 radical (unpaired) electrons. The minimum Gasteiger partial charge on any atom is -0.491 e. The quantitative estimate of drug-likeness (QED) is 0.895. The Labute approximate surface area is 108 Å². The molecule has 4 nitrogen and oxygen atoms in total. The topological polar surface area (TPSA) is 47.6 Å². The third kappa shape index (κ3) is 6.13. The van der Waals surface area contributed by atoms with Crippen LogP contribution in [0, 0.1) is 0 Å². The first-order valence-corrected chi connectivity index (χ1v) is 6.04. The molecule has 0 spiro atoms. The van der Waals surface area contributed by atoms with Crippen LogP contribution in [0.15, 0.2) is 30.3 Å². The van der Waals surface area contributed by atoms with Crippen molar-refractivity contribution in [3.8, 4) is 5.75 Å². The average Bonchev–Trinajstić information content (AvgIpc) is 2.25. The molecule has 18 heavy (non-hydrogen) atoms. The smallest absolute Gasteiger partial charge is 0.407 e. The maximum atomic E-state index is 11.5. The van der Waals surface area contributed by atoms with Gasteiger partial charge in [0, 0.05) is 0 Å². The standard InChI is InChI=1S/C14H21NO3/c1-11(15-13(16)18-14(2,3)4)10-17-12-8-6-5-7-9-12/h5-9,11H,10H2,1-4H3,(H,15,16). The molecule has 100 valence electrons. The van der Waals surface area contributed by atoms with Gasteiger partial charge in [0.25, 0.3) is 0 Å². The molecule has 1 N–H and O–H groups in total. The van der Waals surface area contributed by atoms with Crippen LogP contribution in [0.1, 0.15) is 27.7 Å². The molecule has 1 aromatic carbocycles. The summed E-state index contributed by atoms with van der Waals surface area (Å²) in [6.07, 6.45) is -0.424. The van der Waals surface area contributed by atoms with Crippen LogP contribution < -0.4 is 10.1 Å². The molecular formula is C14H21NO3. The van der Waals surface area contributed by atoms with E-state index in [2.05, 4.69) is 5.32 Å². The van der Waals surface area contributed by atoms with Gasteiger partial charge in [-0.15, -0.1) is 0 Å². The fraction of sp³-hybridized carbons (Fsp3) is 0.500. The van der Waals surface area contributed by atoms with Crippen molar-refractivity contribution < 1.29 is 14.3 Å². The Morgan fingerprint density at radius 3 is 2.44 bits per heavy atom.